The molecule has 1 N–H and O–H groups in total. The summed E-state index contributed by atoms with van der Waals surface area (Å²) in [6.45, 7) is 3.95. The van der Waals surface area contributed by atoms with Gasteiger partial charge in [-0.3, -0.25) is 9.69 Å². The van der Waals surface area contributed by atoms with Gasteiger partial charge >= 0.3 is 0 Å². The topological polar surface area (TPSA) is 32.3 Å². The normalized spacial score (nSPS) is 14.6. The second-order valence-electron chi connectivity index (χ2n) is 6.32. The van der Waals surface area contributed by atoms with Gasteiger partial charge in [-0.25, -0.2) is 4.39 Å². The Morgan fingerprint density at radius 1 is 1.00 bits per heavy atom. The first-order valence-corrected chi connectivity index (χ1v) is 9.63. The van der Waals surface area contributed by atoms with E-state index in [2.05, 4.69) is 34.5 Å². The Bertz CT molecular complexity index is 682. The maximum absolute atomic E-state index is 12.8. The summed E-state index contributed by atoms with van der Waals surface area (Å²) < 4.78 is 12.8. The van der Waals surface area contributed by atoms with Crippen LogP contribution in [-0.2, 0) is 17.9 Å². The van der Waals surface area contributed by atoms with E-state index in [4.69, 9.17) is 0 Å². The molecule has 2 aromatic carbocycles. The highest BCUT2D eigenvalue weighted by atomic mass is 32.2. The third-order valence-corrected chi connectivity index (χ3v) is 5.31. The van der Waals surface area contributed by atoms with E-state index in [-0.39, 0.29) is 11.7 Å². The number of nitrogens with zero attached hydrogens (tertiary/aromatic N) is 1. The number of rotatable bonds is 7. The van der Waals surface area contributed by atoms with Crippen molar-refractivity contribution in [1.82, 2.24) is 10.2 Å². The summed E-state index contributed by atoms with van der Waals surface area (Å²) in [6.07, 6.45) is 2.61. The molecule has 1 amide bonds. The molecule has 1 aliphatic rings. The van der Waals surface area contributed by atoms with Gasteiger partial charge in [0, 0.05) is 18.0 Å². The van der Waals surface area contributed by atoms with E-state index in [1.807, 2.05) is 0 Å². The molecular formula is C20H23FN2OS. The second-order valence-corrected chi connectivity index (χ2v) is 7.37. The zero-order chi connectivity index (χ0) is 17.5. The predicted octanol–water partition coefficient (Wildman–Crippen LogP) is 3.83. The third kappa shape index (κ3) is 5.87. The molecule has 0 radical (unpaired) electrons. The van der Waals surface area contributed by atoms with Crippen molar-refractivity contribution >= 4 is 17.7 Å². The van der Waals surface area contributed by atoms with E-state index in [0.29, 0.717) is 12.3 Å². The molecule has 3 rings (SSSR count). The largest absolute Gasteiger partial charge is 0.351 e. The van der Waals surface area contributed by atoms with Crippen molar-refractivity contribution in [3.05, 3.63) is 65.5 Å². The Balaban J connectivity index is 1.39. The molecule has 0 aromatic heterocycles. The molecule has 0 unspecified atom stereocenters. The van der Waals surface area contributed by atoms with Gasteiger partial charge in [0.2, 0.25) is 5.91 Å². The van der Waals surface area contributed by atoms with Crippen LogP contribution in [0.3, 0.4) is 0 Å². The van der Waals surface area contributed by atoms with Gasteiger partial charge in [-0.1, -0.05) is 24.3 Å². The van der Waals surface area contributed by atoms with Crippen LogP contribution in [0, 0.1) is 5.82 Å². The van der Waals surface area contributed by atoms with E-state index in [1.165, 1.54) is 55.4 Å². The summed E-state index contributed by atoms with van der Waals surface area (Å²) in [6, 6.07) is 14.6. The molecule has 0 saturated carbocycles. The minimum absolute atomic E-state index is 0.0181. The van der Waals surface area contributed by atoms with Crippen LogP contribution in [0.1, 0.15) is 24.0 Å². The number of hydrogen-bond donors (Lipinski definition) is 1. The first-order chi connectivity index (χ1) is 12.2. The fraction of sp³-hybridized carbons (Fsp3) is 0.350. The molecule has 0 aliphatic carbocycles. The van der Waals surface area contributed by atoms with Crippen LogP contribution in [0.25, 0.3) is 0 Å². The predicted molar refractivity (Wildman–Crippen MR) is 99.9 cm³/mol. The van der Waals surface area contributed by atoms with Crippen molar-refractivity contribution in [2.75, 3.05) is 18.8 Å². The lowest BCUT2D eigenvalue weighted by Crippen LogP contribution is -2.24. The van der Waals surface area contributed by atoms with Crippen LogP contribution >= 0.6 is 11.8 Å². The molecule has 0 atom stereocenters. The Hall–Kier alpha value is -1.85. The Morgan fingerprint density at radius 3 is 2.32 bits per heavy atom. The zero-order valence-electron chi connectivity index (χ0n) is 14.2. The molecule has 0 bridgehead atoms. The number of carbonyl (C=O) groups excluding carboxylic acids is 1. The number of hydrogen-bond acceptors (Lipinski definition) is 3. The Labute approximate surface area is 152 Å². The van der Waals surface area contributed by atoms with Crippen LogP contribution in [0.15, 0.2) is 53.4 Å². The van der Waals surface area contributed by atoms with Crippen LogP contribution in [0.5, 0.6) is 0 Å². The van der Waals surface area contributed by atoms with Gasteiger partial charge in [-0.05, 0) is 61.3 Å². The summed E-state index contributed by atoms with van der Waals surface area (Å²) in [5, 5.41) is 2.93. The number of benzene rings is 2. The number of carbonyl (C=O) groups is 1. The summed E-state index contributed by atoms with van der Waals surface area (Å²) in [7, 11) is 0. The van der Waals surface area contributed by atoms with Crippen LogP contribution in [0.2, 0.25) is 0 Å². The highest BCUT2D eigenvalue weighted by molar-refractivity contribution is 8.00. The maximum Gasteiger partial charge on any atom is 0.230 e. The average Bonchev–Trinajstić information content (AvgIpc) is 3.14. The molecule has 1 saturated heterocycles. The average molecular weight is 358 g/mol. The molecule has 1 heterocycles. The van der Waals surface area contributed by atoms with E-state index >= 15 is 0 Å². The van der Waals surface area contributed by atoms with Crippen LogP contribution in [-0.4, -0.2) is 29.6 Å². The van der Waals surface area contributed by atoms with Gasteiger partial charge < -0.3 is 5.32 Å². The number of halogens is 1. The van der Waals surface area contributed by atoms with Gasteiger partial charge in [0.25, 0.3) is 0 Å². The van der Waals surface area contributed by atoms with E-state index in [0.717, 1.165) is 17.0 Å². The minimum atomic E-state index is -0.262. The summed E-state index contributed by atoms with van der Waals surface area (Å²) >= 11 is 1.41. The van der Waals surface area contributed by atoms with Crippen molar-refractivity contribution in [1.29, 1.82) is 0 Å². The summed E-state index contributed by atoms with van der Waals surface area (Å²) in [4.78, 5) is 15.3. The first-order valence-electron chi connectivity index (χ1n) is 8.64. The van der Waals surface area contributed by atoms with Gasteiger partial charge in [-0.2, -0.15) is 0 Å². The van der Waals surface area contributed by atoms with Gasteiger partial charge in [0.05, 0.1) is 5.75 Å². The highest BCUT2D eigenvalue weighted by Gasteiger charge is 2.11. The van der Waals surface area contributed by atoms with E-state index in [9.17, 15) is 9.18 Å². The monoisotopic (exact) mass is 358 g/mol. The van der Waals surface area contributed by atoms with Crippen molar-refractivity contribution in [3.8, 4) is 0 Å². The molecule has 25 heavy (non-hydrogen) atoms. The fourth-order valence-electron chi connectivity index (χ4n) is 2.89. The van der Waals surface area contributed by atoms with Crippen LogP contribution in [0.4, 0.5) is 4.39 Å². The molecule has 1 aliphatic heterocycles. The standard InChI is InChI=1S/C20H23FN2OS/c21-18-7-9-19(10-8-18)25-15-20(24)22-13-16-3-5-17(6-4-16)14-23-11-1-2-12-23/h3-10H,1-2,11-15H2,(H,22,24). The number of amides is 1. The fourth-order valence-corrected chi connectivity index (χ4v) is 3.62. The third-order valence-electron chi connectivity index (χ3n) is 4.30. The molecule has 1 fully saturated rings. The lowest BCUT2D eigenvalue weighted by atomic mass is 10.1. The van der Waals surface area contributed by atoms with E-state index in [1.54, 1.807) is 12.1 Å². The Morgan fingerprint density at radius 2 is 1.64 bits per heavy atom. The minimum Gasteiger partial charge on any atom is -0.351 e. The number of thioether (sulfide) groups is 1. The van der Waals surface area contributed by atoms with E-state index < -0.39 is 0 Å². The highest BCUT2D eigenvalue weighted by Crippen LogP contribution is 2.18. The van der Waals surface area contributed by atoms with Crippen molar-refractivity contribution in [3.63, 3.8) is 0 Å². The SMILES string of the molecule is O=C(CSc1ccc(F)cc1)NCc1ccc(CN2CCCC2)cc1. The molecule has 2 aromatic rings. The maximum atomic E-state index is 12.8. The second kappa shape index (κ2) is 9.02. The zero-order valence-corrected chi connectivity index (χ0v) is 15.0. The van der Waals surface area contributed by atoms with Crippen molar-refractivity contribution in [2.24, 2.45) is 0 Å². The molecule has 5 heteroatoms. The molecular weight excluding hydrogens is 335 g/mol. The number of likely N-dealkylation sites (tertiary alicyclic amines) is 1. The summed E-state index contributed by atoms with van der Waals surface area (Å²) in [5.74, 6) is 0.0519. The van der Waals surface area contributed by atoms with Gasteiger partial charge in [0.15, 0.2) is 0 Å². The van der Waals surface area contributed by atoms with Gasteiger partial charge in [-0.15, -0.1) is 11.8 Å². The lowest BCUT2D eigenvalue weighted by molar-refractivity contribution is -0.118. The first kappa shape index (κ1) is 18.0. The quantitative estimate of drug-likeness (QED) is 0.764. The van der Waals surface area contributed by atoms with Crippen LogP contribution < -0.4 is 5.32 Å². The summed E-state index contributed by atoms with van der Waals surface area (Å²) in [5.41, 5.74) is 2.43. The van der Waals surface area contributed by atoms with Gasteiger partial charge in [0.1, 0.15) is 5.82 Å². The number of nitrogens with one attached hydrogen (secondary N) is 1. The Kier molecular flexibility index (Phi) is 6.48. The van der Waals surface area contributed by atoms with Crippen molar-refractivity contribution in [2.45, 2.75) is 30.8 Å². The smallest absolute Gasteiger partial charge is 0.230 e. The molecule has 3 nitrogen and oxygen atoms in total. The molecule has 0 spiro atoms. The lowest BCUT2D eigenvalue weighted by Gasteiger charge is -2.14. The molecule has 132 valence electrons. The van der Waals surface area contributed by atoms with Crippen molar-refractivity contribution < 1.29 is 9.18 Å².